The highest BCUT2D eigenvalue weighted by atomic mass is 32.2. The number of anilines is 1. The van der Waals surface area contributed by atoms with Gasteiger partial charge in [-0.3, -0.25) is 9.10 Å². The van der Waals surface area contributed by atoms with Gasteiger partial charge in [-0.05, 0) is 60.2 Å². The Hall–Kier alpha value is -3.73. The van der Waals surface area contributed by atoms with Crippen molar-refractivity contribution in [1.29, 1.82) is 0 Å². The van der Waals surface area contributed by atoms with Gasteiger partial charge in [-0.25, -0.2) is 8.42 Å². The normalized spacial score (nSPS) is 11.6. The van der Waals surface area contributed by atoms with Crippen LogP contribution in [0.15, 0.2) is 72.8 Å². The van der Waals surface area contributed by atoms with Crippen LogP contribution in [0.2, 0.25) is 0 Å². The van der Waals surface area contributed by atoms with Crippen LogP contribution >= 0.6 is 0 Å². The SMILES string of the molecule is COc1ccc(OCCNC(=O)c2ccc(CN(c3cccc(C(F)(F)F)c3)S(C)(=O)=O)cc2)cc1. The fraction of sp³-hybridized carbons (Fsp3) is 0.240. The molecule has 11 heteroatoms. The maximum atomic E-state index is 13.1. The number of rotatable bonds is 10. The summed E-state index contributed by atoms with van der Waals surface area (Å²) in [6.45, 7) is 0.304. The van der Waals surface area contributed by atoms with Crippen LogP contribution in [0.5, 0.6) is 11.5 Å². The van der Waals surface area contributed by atoms with Crippen LogP contribution in [0.25, 0.3) is 0 Å². The average Bonchev–Trinajstić information content (AvgIpc) is 2.84. The first-order chi connectivity index (χ1) is 17.0. The number of ether oxygens (including phenoxy) is 2. The quantitative estimate of drug-likeness (QED) is 0.397. The smallest absolute Gasteiger partial charge is 0.416 e. The van der Waals surface area contributed by atoms with Crippen LogP contribution in [0.3, 0.4) is 0 Å². The molecule has 7 nitrogen and oxygen atoms in total. The number of nitrogens with zero attached hydrogens (tertiary/aromatic N) is 1. The summed E-state index contributed by atoms with van der Waals surface area (Å²) >= 11 is 0. The van der Waals surface area contributed by atoms with Gasteiger partial charge in [0, 0.05) is 5.56 Å². The molecule has 1 amide bonds. The van der Waals surface area contributed by atoms with Gasteiger partial charge in [0.25, 0.3) is 5.91 Å². The Labute approximate surface area is 207 Å². The number of carbonyl (C=O) groups excluding carboxylic acids is 1. The van der Waals surface area contributed by atoms with Crippen molar-refractivity contribution in [2.45, 2.75) is 12.7 Å². The summed E-state index contributed by atoms with van der Waals surface area (Å²) in [5, 5.41) is 2.72. The standard InChI is InChI=1S/C25H25F3N2O5S/c1-34-22-10-12-23(13-11-22)35-15-14-29-24(31)19-8-6-18(7-9-19)17-30(36(2,32)33)21-5-3-4-20(16-21)25(26,27)28/h3-13,16H,14-15,17H2,1-2H3,(H,29,31). The van der Waals surface area contributed by atoms with E-state index in [-0.39, 0.29) is 31.3 Å². The highest BCUT2D eigenvalue weighted by molar-refractivity contribution is 7.92. The molecule has 192 valence electrons. The Kier molecular flexibility index (Phi) is 8.46. The van der Waals surface area contributed by atoms with E-state index >= 15 is 0 Å². The van der Waals surface area contributed by atoms with E-state index < -0.39 is 21.8 Å². The molecule has 1 N–H and O–H groups in total. The van der Waals surface area contributed by atoms with Gasteiger partial charge in [-0.2, -0.15) is 13.2 Å². The molecule has 0 heterocycles. The molecule has 36 heavy (non-hydrogen) atoms. The first-order valence-corrected chi connectivity index (χ1v) is 12.6. The Morgan fingerprint density at radius 2 is 1.61 bits per heavy atom. The summed E-state index contributed by atoms with van der Waals surface area (Å²) in [4.78, 5) is 12.4. The molecular weight excluding hydrogens is 497 g/mol. The minimum atomic E-state index is -4.60. The van der Waals surface area contributed by atoms with Crippen LogP contribution < -0.4 is 19.1 Å². The monoisotopic (exact) mass is 522 g/mol. The van der Waals surface area contributed by atoms with Crippen molar-refractivity contribution in [3.05, 3.63) is 89.5 Å². The molecular formula is C25H25F3N2O5S. The van der Waals surface area contributed by atoms with Gasteiger partial charge in [0.2, 0.25) is 10.0 Å². The molecule has 3 rings (SSSR count). The number of nitrogens with one attached hydrogen (secondary N) is 1. The number of alkyl halides is 3. The van der Waals surface area contributed by atoms with Gasteiger partial charge in [-0.1, -0.05) is 18.2 Å². The zero-order valence-electron chi connectivity index (χ0n) is 19.6. The third kappa shape index (κ3) is 7.38. The highest BCUT2D eigenvalue weighted by Crippen LogP contribution is 2.32. The molecule has 0 spiro atoms. The number of carbonyl (C=O) groups is 1. The minimum absolute atomic E-state index is 0.106. The first-order valence-electron chi connectivity index (χ1n) is 10.8. The zero-order chi connectivity index (χ0) is 26.3. The molecule has 0 bridgehead atoms. The molecule has 0 atom stereocenters. The summed E-state index contributed by atoms with van der Waals surface area (Å²) < 4.78 is 75.4. The number of hydrogen-bond acceptors (Lipinski definition) is 5. The van der Waals surface area contributed by atoms with Crippen molar-refractivity contribution in [1.82, 2.24) is 5.32 Å². The second kappa shape index (κ2) is 11.3. The van der Waals surface area contributed by atoms with Crippen molar-refractivity contribution >= 4 is 21.6 Å². The Bertz CT molecular complexity index is 1280. The molecule has 3 aromatic carbocycles. The van der Waals surface area contributed by atoms with Crippen LogP contribution in [0.1, 0.15) is 21.5 Å². The van der Waals surface area contributed by atoms with Crippen molar-refractivity contribution in [2.75, 3.05) is 30.8 Å². The van der Waals surface area contributed by atoms with Gasteiger partial charge in [0.15, 0.2) is 0 Å². The molecule has 0 unspecified atom stereocenters. The Morgan fingerprint density at radius 1 is 0.972 bits per heavy atom. The third-order valence-electron chi connectivity index (χ3n) is 5.12. The maximum Gasteiger partial charge on any atom is 0.416 e. The second-order valence-corrected chi connectivity index (χ2v) is 9.70. The topological polar surface area (TPSA) is 84.9 Å². The Balaban J connectivity index is 1.60. The van der Waals surface area contributed by atoms with Crippen LogP contribution in [0, 0.1) is 0 Å². The fourth-order valence-electron chi connectivity index (χ4n) is 3.27. The van der Waals surface area contributed by atoms with Crippen LogP contribution in [-0.4, -0.2) is 40.8 Å². The van der Waals surface area contributed by atoms with E-state index in [2.05, 4.69) is 5.32 Å². The number of hydrogen-bond donors (Lipinski definition) is 1. The molecule has 3 aromatic rings. The van der Waals surface area contributed by atoms with Crippen molar-refractivity contribution in [3.8, 4) is 11.5 Å². The second-order valence-electron chi connectivity index (χ2n) is 7.79. The van der Waals surface area contributed by atoms with Gasteiger partial charge in [-0.15, -0.1) is 0 Å². The summed E-state index contributed by atoms with van der Waals surface area (Å²) in [7, 11) is -2.32. The lowest BCUT2D eigenvalue weighted by atomic mass is 10.1. The molecule has 0 aromatic heterocycles. The van der Waals surface area contributed by atoms with Crippen molar-refractivity contribution < 1.29 is 35.9 Å². The van der Waals surface area contributed by atoms with Crippen LogP contribution in [0.4, 0.5) is 18.9 Å². The van der Waals surface area contributed by atoms with Gasteiger partial charge >= 0.3 is 6.18 Å². The summed E-state index contributed by atoms with van der Waals surface area (Å²) in [5.41, 5.74) is -0.215. The number of halogens is 3. The molecule has 0 aliphatic heterocycles. The lowest BCUT2D eigenvalue weighted by Gasteiger charge is -2.23. The van der Waals surface area contributed by atoms with E-state index in [9.17, 15) is 26.4 Å². The van der Waals surface area contributed by atoms with Gasteiger partial charge in [0.05, 0.1) is 37.7 Å². The summed E-state index contributed by atoms with van der Waals surface area (Å²) in [5.74, 6) is 0.983. The average molecular weight is 523 g/mol. The molecule has 0 saturated heterocycles. The predicted octanol–water partition coefficient (Wildman–Crippen LogP) is 4.49. The number of methoxy groups -OCH3 is 1. The van der Waals surface area contributed by atoms with Crippen molar-refractivity contribution in [2.24, 2.45) is 0 Å². The maximum absolute atomic E-state index is 13.1. The molecule has 0 aliphatic carbocycles. The van der Waals surface area contributed by atoms with E-state index in [0.717, 1.165) is 28.8 Å². The Morgan fingerprint density at radius 3 is 2.19 bits per heavy atom. The van der Waals surface area contributed by atoms with Gasteiger partial charge < -0.3 is 14.8 Å². The number of benzene rings is 3. The van der Waals surface area contributed by atoms with E-state index in [1.54, 1.807) is 43.5 Å². The van der Waals surface area contributed by atoms with Gasteiger partial charge in [0.1, 0.15) is 18.1 Å². The molecule has 0 radical (unpaired) electrons. The van der Waals surface area contributed by atoms with E-state index in [0.29, 0.717) is 22.6 Å². The fourth-order valence-corrected chi connectivity index (χ4v) is 4.15. The minimum Gasteiger partial charge on any atom is -0.497 e. The lowest BCUT2D eigenvalue weighted by Crippen LogP contribution is -2.30. The predicted molar refractivity (Wildman–Crippen MR) is 130 cm³/mol. The largest absolute Gasteiger partial charge is 0.497 e. The molecule has 0 aliphatic rings. The van der Waals surface area contributed by atoms with Crippen molar-refractivity contribution in [3.63, 3.8) is 0 Å². The molecule has 0 saturated carbocycles. The summed E-state index contributed by atoms with van der Waals surface area (Å²) in [6, 6.07) is 17.3. The van der Waals surface area contributed by atoms with E-state index in [1.165, 1.54) is 18.2 Å². The number of amides is 1. The lowest BCUT2D eigenvalue weighted by molar-refractivity contribution is -0.137. The highest BCUT2D eigenvalue weighted by Gasteiger charge is 2.31. The van der Waals surface area contributed by atoms with E-state index in [1.807, 2.05) is 0 Å². The third-order valence-corrected chi connectivity index (χ3v) is 6.26. The number of sulfonamides is 1. The zero-order valence-corrected chi connectivity index (χ0v) is 20.4. The summed E-state index contributed by atoms with van der Waals surface area (Å²) in [6.07, 6.45) is -3.68. The van der Waals surface area contributed by atoms with Crippen LogP contribution in [-0.2, 0) is 22.7 Å². The first kappa shape index (κ1) is 26.9. The van der Waals surface area contributed by atoms with E-state index in [4.69, 9.17) is 9.47 Å². The molecule has 0 fully saturated rings.